The highest BCUT2D eigenvalue weighted by Gasteiger charge is 2.33. The summed E-state index contributed by atoms with van der Waals surface area (Å²) in [5, 5.41) is 0. The Hall–Kier alpha value is -0.760. The Morgan fingerprint density at radius 1 is 1.44 bits per heavy atom. The van der Waals surface area contributed by atoms with Gasteiger partial charge in [-0.25, -0.2) is 4.98 Å². The molecule has 100 valence electrons. The molecule has 2 atom stereocenters. The molecule has 0 aromatic carbocycles. The molecule has 2 rings (SSSR count). The molecule has 1 fully saturated rings. The predicted octanol–water partition coefficient (Wildman–Crippen LogP) is 4.04. The van der Waals surface area contributed by atoms with Crippen LogP contribution in [0.2, 0.25) is 0 Å². The van der Waals surface area contributed by atoms with Gasteiger partial charge in [0.25, 0.3) is 0 Å². The second kappa shape index (κ2) is 5.48. The smallest absolute Gasteiger partial charge is 0.128 e. The second-order valence-electron chi connectivity index (χ2n) is 5.90. The van der Waals surface area contributed by atoms with Crippen LogP contribution < -0.4 is 4.90 Å². The van der Waals surface area contributed by atoms with Crippen molar-refractivity contribution >= 4 is 17.4 Å². The highest BCUT2D eigenvalue weighted by atomic mass is 35.5. The van der Waals surface area contributed by atoms with E-state index in [1.54, 1.807) is 0 Å². The number of rotatable bonds is 5. The summed E-state index contributed by atoms with van der Waals surface area (Å²) in [5.41, 5.74) is 2.31. The maximum atomic E-state index is 5.98. The summed E-state index contributed by atoms with van der Waals surface area (Å²) in [5.74, 6) is 3.80. The molecule has 1 aliphatic carbocycles. The van der Waals surface area contributed by atoms with Crippen LogP contribution in [0.3, 0.4) is 0 Å². The lowest BCUT2D eigenvalue weighted by molar-refractivity contribution is 0.714. The molecular weight excluding hydrogens is 244 g/mol. The third-order valence-electron chi connectivity index (χ3n) is 3.81. The molecule has 1 aliphatic rings. The van der Waals surface area contributed by atoms with Crippen molar-refractivity contribution in [2.45, 2.75) is 39.0 Å². The monoisotopic (exact) mass is 266 g/mol. The topological polar surface area (TPSA) is 16.1 Å². The fourth-order valence-corrected chi connectivity index (χ4v) is 2.42. The number of pyridine rings is 1. The molecule has 18 heavy (non-hydrogen) atoms. The molecule has 0 N–H and O–H groups in total. The van der Waals surface area contributed by atoms with Gasteiger partial charge in [0.1, 0.15) is 5.82 Å². The first-order valence-corrected chi connectivity index (χ1v) is 7.32. The summed E-state index contributed by atoms with van der Waals surface area (Å²) in [6, 6.07) is 4.24. The van der Waals surface area contributed by atoms with Crippen LogP contribution in [0.5, 0.6) is 0 Å². The van der Waals surface area contributed by atoms with Crippen molar-refractivity contribution in [3.8, 4) is 0 Å². The van der Waals surface area contributed by atoms with E-state index in [1.807, 2.05) is 0 Å². The van der Waals surface area contributed by atoms with Crippen LogP contribution in [0.4, 0.5) is 5.82 Å². The van der Waals surface area contributed by atoms with Crippen LogP contribution >= 0.6 is 11.6 Å². The molecule has 0 radical (unpaired) electrons. The van der Waals surface area contributed by atoms with Crippen molar-refractivity contribution in [3.05, 3.63) is 23.4 Å². The zero-order chi connectivity index (χ0) is 13.3. The van der Waals surface area contributed by atoms with Crippen molar-refractivity contribution in [3.63, 3.8) is 0 Å². The molecule has 1 aromatic heterocycles. The van der Waals surface area contributed by atoms with Crippen molar-refractivity contribution in [2.75, 3.05) is 18.5 Å². The molecule has 2 nitrogen and oxygen atoms in total. The molecule has 0 bridgehead atoms. The van der Waals surface area contributed by atoms with Gasteiger partial charge in [0.05, 0.1) is 0 Å². The molecule has 2 unspecified atom stereocenters. The molecular formula is C15H23ClN2. The van der Waals surface area contributed by atoms with Crippen LogP contribution in [0.1, 0.15) is 44.4 Å². The first-order valence-electron chi connectivity index (χ1n) is 6.79. The van der Waals surface area contributed by atoms with Gasteiger partial charge in [0.2, 0.25) is 0 Å². The Bertz CT molecular complexity index is 417. The predicted molar refractivity (Wildman–Crippen MR) is 78.4 cm³/mol. The summed E-state index contributed by atoms with van der Waals surface area (Å²) in [7, 11) is 2.13. The van der Waals surface area contributed by atoms with E-state index in [0.29, 0.717) is 11.8 Å². The van der Waals surface area contributed by atoms with Crippen LogP contribution in [-0.2, 0) is 5.88 Å². The minimum absolute atomic E-state index is 0.445. The lowest BCUT2D eigenvalue weighted by Crippen LogP contribution is -2.22. The first kappa shape index (κ1) is 13.7. The zero-order valence-corrected chi connectivity index (χ0v) is 12.5. The van der Waals surface area contributed by atoms with E-state index in [0.717, 1.165) is 29.9 Å². The fourth-order valence-electron chi connectivity index (χ4n) is 2.26. The maximum Gasteiger partial charge on any atom is 0.128 e. The number of nitrogens with zero attached hydrogens (tertiary/aromatic N) is 2. The molecule has 1 aromatic rings. The van der Waals surface area contributed by atoms with Gasteiger partial charge in [-0.2, -0.15) is 0 Å². The largest absolute Gasteiger partial charge is 0.359 e. The molecule has 0 saturated heterocycles. The van der Waals surface area contributed by atoms with Gasteiger partial charge in [-0.15, -0.1) is 11.6 Å². The Labute approximate surface area is 115 Å². The molecule has 0 aliphatic heterocycles. The molecule has 0 amide bonds. The highest BCUT2D eigenvalue weighted by Crippen LogP contribution is 2.38. The van der Waals surface area contributed by atoms with Gasteiger partial charge in [0.15, 0.2) is 0 Å². The molecule has 1 heterocycles. The summed E-state index contributed by atoms with van der Waals surface area (Å²) >= 11 is 5.98. The van der Waals surface area contributed by atoms with E-state index in [1.165, 1.54) is 12.0 Å². The minimum atomic E-state index is 0.445. The van der Waals surface area contributed by atoms with Gasteiger partial charge in [-0.1, -0.05) is 20.8 Å². The summed E-state index contributed by atoms with van der Waals surface area (Å²) in [4.78, 5) is 7.03. The third kappa shape index (κ3) is 3.17. The zero-order valence-electron chi connectivity index (χ0n) is 11.8. The second-order valence-corrected chi connectivity index (χ2v) is 6.17. The standard InChI is InChI=1S/C15H23ClN2/c1-10(2)14-6-12(8-16)7-15(17-14)18(4)9-13-5-11(13)3/h6-7,10-11,13H,5,8-9H2,1-4H3. The van der Waals surface area contributed by atoms with E-state index in [-0.39, 0.29) is 0 Å². The van der Waals surface area contributed by atoms with Crippen LogP contribution in [0.15, 0.2) is 12.1 Å². The Morgan fingerprint density at radius 2 is 2.11 bits per heavy atom. The Balaban J connectivity index is 2.17. The lowest BCUT2D eigenvalue weighted by Gasteiger charge is -2.20. The summed E-state index contributed by atoms with van der Waals surface area (Å²) in [6.45, 7) is 7.78. The molecule has 1 saturated carbocycles. The number of halogens is 1. The number of anilines is 1. The van der Waals surface area contributed by atoms with Crippen molar-refractivity contribution in [1.29, 1.82) is 0 Å². The molecule has 0 spiro atoms. The van der Waals surface area contributed by atoms with Crippen LogP contribution in [0.25, 0.3) is 0 Å². The number of alkyl halides is 1. The van der Waals surface area contributed by atoms with Gasteiger partial charge in [-0.05, 0) is 41.9 Å². The maximum absolute atomic E-state index is 5.98. The van der Waals surface area contributed by atoms with Gasteiger partial charge >= 0.3 is 0 Å². The number of hydrogen-bond donors (Lipinski definition) is 0. The van der Waals surface area contributed by atoms with Crippen molar-refractivity contribution < 1.29 is 0 Å². The SMILES string of the molecule is CC(C)c1cc(CCl)cc(N(C)CC2CC2C)n1. The third-order valence-corrected chi connectivity index (χ3v) is 4.12. The average Bonchev–Trinajstić information content (AvgIpc) is 3.04. The minimum Gasteiger partial charge on any atom is -0.359 e. The lowest BCUT2D eigenvalue weighted by atomic mass is 10.1. The van der Waals surface area contributed by atoms with E-state index >= 15 is 0 Å². The number of hydrogen-bond acceptors (Lipinski definition) is 2. The van der Waals surface area contributed by atoms with Crippen LogP contribution in [0, 0.1) is 11.8 Å². The van der Waals surface area contributed by atoms with Gasteiger partial charge < -0.3 is 4.90 Å². The van der Waals surface area contributed by atoms with E-state index < -0.39 is 0 Å². The van der Waals surface area contributed by atoms with Crippen LogP contribution in [-0.4, -0.2) is 18.6 Å². The fraction of sp³-hybridized carbons (Fsp3) is 0.667. The normalized spacial score (nSPS) is 22.3. The highest BCUT2D eigenvalue weighted by molar-refractivity contribution is 6.17. The van der Waals surface area contributed by atoms with Gasteiger partial charge in [0, 0.05) is 25.2 Å². The van der Waals surface area contributed by atoms with E-state index in [2.05, 4.69) is 44.9 Å². The summed E-state index contributed by atoms with van der Waals surface area (Å²) in [6.07, 6.45) is 1.36. The first-order chi connectivity index (χ1) is 8.51. The van der Waals surface area contributed by atoms with E-state index in [9.17, 15) is 0 Å². The Kier molecular flexibility index (Phi) is 4.16. The van der Waals surface area contributed by atoms with Gasteiger partial charge in [-0.3, -0.25) is 0 Å². The van der Waals surface area contributed by atoms with Crippen molar-refractivity contribution in [2.24, 2.45) is 11.8 Å². The Morgan fingerprint density at radius 3 is 2.61 bits per heavy atom. The number of aromatic nitrogens is 1. The van der Waals surface area contributed by atoms with Crippen molar-refractivity contribution in [1.82, 2.24) is 4.98 Å². The van der Waals surface area contributed by atoms with E-state index in [4.69, 9.17) is 16.6 Å². The summed E-state index contributed by atoms with van der Waals surface area (Å²) < 4.78 is 0. The average molecular weight is 267 g/mol. The quantitative estimate of drug-likeness (QED) is 0.748. The molecule has 3 heteroatoms.